The average molecular weight is 322 g/mol. The van der Waals surface area contributed by atoms with Crippen LogP contribution in [0.25, 0.3) is 11.8 Å². The summed E-state index contributed by atoms with van der Waals surface area (Å²) in [5, 5.41) is 11.1. The van der Waals surface area contributed by atoms with Crippen LogP contribution < -0.4 is 0 Å². The summed E-state index contributed by atoms with van der Waals surface area (Å²) >= 11 is 3.33. The number of nitrogens with zero attached hydrogens (tertiary/aromatic N) is 1. The molecule has 0 saturated carbocycles. The molecular formula is C14H9BrFNO2. The molecule has 0 fully saturated rings. The molecule has 0 atom stereocenters. The Morgan fingerprint density at radius 3 is 2.37 bits per heavy atom. The minimum absolute atomic E-state index is 0.0769. The van der Waals surface area contributed by atoms with Gasteiger partial charge in [0.25, 0.3) is 5.70 Å². The zero-order valence-corrected chi connectivity index (χ0v) is 11.3. The van der Waals surface area contributed by atoms with Crippen LogP contribution in [0.1, 0.15) is 11.1 Å². The van der Waals surface area contributed by atoms with E-state index in [4.69, 9.17) is 0 Å². The Morgan fingerprint density at radius 2 is 1.79 bits per heavy atom. The zero-order valence-electron chi connectivity index (χ0n) is 9.72. The first-order valence-electron chi connectivity index (χ1n) is 5.44. The summed E-state index contributed by atoms with van der Waals surface area (Å²) < 4.78 is 13.6. The third kappa shape index (κ3) is 3.26. The van der Waals surface area contributed by atoms with E-state index in [9.17, 15) is 14.5 Å². The number of halogens is 2. The fourth-order valence-corrected chi connectivity index (χ4v) is 2.00. The SMILES string of the molecule is O=[N+]([O-])/C(=C\c1ccccc1Br)c1ccc(F)cc1. The lowest BCUT2D eigenvalue weighted by atomic mass is 10.1. The molecule has 0 unspecified atom stereocenters. The van der Waals surface area contributed by atoms with E-state index in [0.717, 1.165) is 4.47 Å². The van der Waals surface area contributed by atoms with Crippen LogP contribution >= 0.6 is 15.9 Å². The topological polar surface area (TPSA) is 43.1 Å². The molecule has 0 heterocycles. The third-order valence-electron chi connectivity index (χ3n) is 2.53. The summed E-state index contributed by atoms with van der Waals surface area (Å²) in [6.07, 6.45) is 1.46. The molecule has 0 aliphatic heterocycles. The summed E-state index contributed by atoms with van der Waals surface area (Å²) in [7, 11) is 0. The highest BCUT2D eigenvalue weighted by Crippen LogP contribution is 2.23. The molecular weight excluding hydrogens is 313 g/mol. The van der Waals surface area contributed by atoms with Gasteiger partial charge in [0.2, 0.25) is 0 Å². The van der Waals surface area contributed by atoms with Crippen molar-refractivity contribution in [2.24, 2.45) is 0 Å². The van der Waals surface area contributed by atoms with Gasteiger partial charge in [-0.15, -0.1) is 0 Å². The summed E-state index contributed by atoms with van der Waals surface area (Å²) in [4.78, 5) is 10.6. The van der Waals surface area contributed by atoms with E-state index in [2.05, 4.69) is 15.9 Å². The first kappa shape index (κ1) is 13.4. The highest BCUT2D eigenvalue weighted by atomic mass is 79.9. The number of hydrogen-bond acceptors (Lipinski definition) is 2. The van der Waals surface area contributed by atoms with E-state index in [0.29, 0.717) is 11.1 Å². The van der Waals surface area contributed by atoms with E-state index in [1.807, 2.05) is 6.07 Å². The van der Waals surface area contributed by atoms with E-state index >= 15 is 0 Å². The maximum absolute atomic E-state index is 12.8. The van der Waals surface area contributed by atoms with Crippen molar-refractivity contribution in [2.75, 3.05) is 0 Å². The van der Waals surface area contributed by atoms with Crippen LogP contribution in [-0.2, 0) is 0 Å². The molecule has 19 heavy (non-hydrogen) atoms. The minimum atomic E-state index is -0.479. The second kappa shape index (κ2) is 5.75. The summed E-state index contributed by atoms with van der Waals surface area (Å²) in [5.41, 5.74) is 0.979. The lowest BCUT2D eigenvalue weighted by Crippen LogP contribution is -1.98. The van der Waals surface area contributed by atoms with Crippen LogP contribution in [0.15, 0.2) is 53.0 Å². The largest absolute Gasteiger partial charge is 0.277 e. The standard InChI is InChI=1S/C14H9BrFNO2/c15-13-4-2-1-3-11(13)9-14(17(18)19)10-5-7-12(16)8-6-10/h1-9H/b14-9-. The smallest absolute Gasteiger partial charge is 0.258 e. The molecule has 96 valence electrons. The quantitative estimate of drug-likeness (QED) is 0.479. The summed E-state index contributed by atoms with van der Waals surface area (Å²) in [6, 6.07) is 12.4. The van der Waals surface area contributed by atoms with Gasteiger partial charge >= 0.3 is 0 Å². The molecule has 2 rings (SSSR count). The average Bonchev–Trinajstić information content (AvgIpc) is 2.39. The van der Waals surface area contributed by atoms with Gasteiger partial charge in [-0.05, 0) is 35.9 Å². The Bertz CT molecular complexity index is 638. The van der Waals surface area contributed by atoms with E-state index in [1.165, 1.54) is 30.3 Å². The Kier molecular flexibility index (Phi) is 4.06. The fraction of sp³-hybridized carbons (Fsp3) is 0. The summed E-state index contributed by atoms with van der Waals surface area (Å²) in [6.45, 7) is 0. The number of rotatable bonds is 3. The van der Waals surface area contributed by atoms with Crippen LogP contribution in [0.3, 0.4) is 0 Å². The number of nitro groups is 1. The molecule has 0 aliphatic rings. The van der Waals surface area contributed by atoms with Crippen molar-refractivity contribution in [3.63, 3.8) is 0 Å². The van der Waals surface area contributed by atoms with Gasteiger partial charge in [-0.3, -0.25) is 10.1 Å². The molecule has 0 saturated heterocycles. The molecule has 0 aromatic heterocycles. The van der Waals surface area contributed by atoms with Crippen molar-refractivity contribution in [1.29, 1.82) is 0 Å². The second-order valence-corrected chi connectivity index (χ2v) is 4.67. The highest BCUT2D eigenvalue weighted by molar-refractivity contribution is 9.10. The van der Waals surface area contributed by atoms with Crippen molar-refractivity contribution in [2.45, 2.75) is 0 Å². The van der Waals surface area contributed by atoms with Gasteiger partial charge in [0, 0.05) is 10.5 Å². The van der Waals surface area contributed by atoms with Crippen LogP contribution in [0, 0.1) is 15.9 Å². The Morgan fingerprint density at radius 1 is 1.16 bits per heavy atom. The Hall–Kier alpha value is -2.01. The molecule has 5 heteroatoms. The molecule has 3 nitrogen and oxygen atoms in total. The van der Waals surface area contributed by atoms with Crippen molar-refractivity contribution >= 4 is 27.7 Å². The molecule has 0 radical (unpaired) electrons. The van der Waals surface area contributed by atoms with E-state index in [-0.39, 0.29) is 5.70 Å². The Labute approximate surface area is 117 Å². The first-order valence-corrected chi connectivity index (χ1v) is 6.24. The third-order valence-corrected chi connectivity index (χ3v) is 3.26. The normalized spacial score (nSPS) is 11.4. The summed E-state index contributed by atoms with van der Waals surface area (Å²) in [5.74, 6) is -0.424. The van der Waals surface area contributed by atoms with Crippen LogP contribution in [0.2, 0.25) is 0 Å². The van der Waals surface area contributed by atoms with E-state index in [1.54, 1.807) is 18.2 Å². The molecule has 2 aromatic carbocycles. The maximum atomic E-state index is 12.8. The fourth-order valence-electron chi connectivity index (χ4n) is 1.60. The predicted molar refractivity (Wildman–Crippen MR) is 75.4 cm³/mol. The maximum Gasteiger partial charge on any atom is 0.277 e. The van der Waals surface area contributed by atoms with Gasteiger partial charge < -0.3 is 0 Å². The van der Waals surface area contributed by atoms with Gasteiger partial charge in [-0.2, -0.15) is 0 Å². The van der Waals surface area contributed by atoms with Gasteiger partial charge in [0.05, 0.1) is 10.5 Å². The second-order valence-electron chi connectivity index (χ2n) is 3.82. The molecule has 2 aromatic rings. The van der Waals surface area contributed by atoms with Crippen LogP contribution in [0.5, 0.6) is 0 Å². The molecule has 0 amide bonds. The van der Waals surface area contributed by atoms with Crippen molar-refractivity contribution < 1.29 is 9.31 Å². The van der Waals surface area contributed by atoms with Crippen molar-refractivity contribution in [1.82, 2.24) is 0 Å². The van der Waals surface area contributed by atoms with Gasteiger partial charge in [0.15, 0.2) is 0 Å². The monoisotopic (exact) mass is 321 g/mol. The van der Waals surface area contributed by atoms with E-state index < -0.39 is 10.7 Å². The van der Waals surface area contributed by atoms with Crippen LogP contribution in [-0.4, -0.2) is 4.92 Å². The molecule has 0 spiro atoms. The lowest BCUT2D eigenvalue weighted by molar-refractivity contribution is -0.374. The van der Waals surface area contributed by atoms with Crippen molar-refractivity contribution in [3.05, 3.63) is 80.1 Å². The molecule has 0 aliphatic carbocycles. The Balaban J connectivity index is 2.50. The van der Waals surface area contributed by atoms with Crippen molar-refractivity contribution in [3.8, 4) is 0 Å². The molecule has 0 bridgehead atoms. The lowest BCUT2D eigenvalue weighted by Gasteiger charge is -2.01. The van der Waals surface area contributed by atoms with Gasteiger partial charge in [-0.1, -0.05) is 34.1 Å². The van der Waals surface area contributed by atoms with Gasteiger partial charge in [-0.25, -0.2) is 4.39 Å². The number of benzene rings is 2. The van der Waals surface area contributed by atoms with Gasteiger partial charge in [0.1, 0.15) is 5.82 Å². The molecule has 0 N–H and O–H groups in total. The zero-order chi connectivity index (χ0) is 13.8. The van der Waals surface area contributed by atoms with Crippen LogP contribution in [0.4, 0.5) is 4.39 Å². The first-order chi connectivity index (χ1) is 9.08. The minimum Gasteiger partial charge on any atom is -0.258 e. The predicted octanol–water partition coefficient (Wildman–Crippen LogP) is 4.36. The highest BCUT2D eigenvalue weighted by Gasteiger charge is 2.14. The number of hydrogen-bond donors (Lipinski definition) is 0.